The van der Waals surface area contributed by atoms with E-state index in [0.717, 1.165) is 0 Å². The van der Waals surface area contributed by atoms with Gasteiger partial charge in [0, 0.05) is 18.5 Å². The van der Waals surface area contributed by atoms with Crippen molar-refractivity contribution < 1.29 is 14.8 Å². The maximum absolute atomic E-state index is 11.6. The number of rotatable bonds is 6. The average molecular weight is 267 g/mol. The van der Waals surface area contributed by atoms with E-state index in [9.17, 15) is 20.0 Å². The van der Waals surface area contributed by atoms with Gasteiger partial charge in [-0.3, -0.25) is 14.9 Å². The largest absolute Gasteiger partial charge is 0.505 e. The van der Waals surface area contributed by atoms with E-state index in [1.54, 1.807) is 0 Å². The molecule has 0 fully saturated rings. The Morgan fingerprint density at radius 1 is 1.58 bits per heavy atom. The predicted octanol–water partition coefficient (Wildman–Crippen LogP) is 1.76. The predicted molar refractivity (Wildman–Crippen MR) is 70.9 cm³/mol. The van der Waals surface area contributed by atoms with Crippen molar-refractivity contribution in [1.82, 2.24) is 0 Å². The number of para-hydroxylation sites is 1. The lowest BCUT2D eigenvalue weighted by Crippen LogP contribution is -2.17. The number of phenolic OH excluding ortho intramolecular Hbond substituents is 1. The maximum Gasteiger partial charge on any atom is 0.296 e. The molecule has 1 atom stereocenters. The molecule has 0 bridgehead atoms. The molecule has 0 radical (unpaired) electrons. The fourth-order valence-corrected chi connectivity index (χ4v) is 1.60. The van der Waals surface area contributed by atoms with E-state index in [-0.39, 0.29) is 35.5 Å². The third-order valence-electron chi connectivity index (χ3n) is 2.54. The van der Waals surface area contributed by atoms with Crippen LogP contribution in [0, 0.1) is 10.1 Å². The molecule has 104 valence electrons. The molecule has 1 aromatic rings. The first-order valence-corrected chi connectivity index (χ1v) is 5.93. The van der Waals surface area contributed by atoms with Gasteiger partial charge in [0.2, 0.25) is 5.91 Å². The van der Waals surface area contributed by atoms with Gasteiger partial charge in [0.1, 0.15) is 5.75 Å². The third-order valence-corrected chi connectivity index (χ3v) is 2.54. The summed E-state index contributed by atoms with van der Waals surface area (Å²) < 4.78 is 0. The molecule has 0 aromatic heterocycles. The van der Waals surface area contributed by atoms with Crippen molar-refractivity contribution in [3.8, 4) is 5.75 Å². The highest BCUT2D eigenvalue weighted by Gasteiger charge is 2.19. The molecule has 0 aliphatic heterocycles. The minimum atomic E-state index is -0.655. The van der Waals surface area contributed by atoms with Gasteiger partial charge in [0.15, 0.2) is 5.69 Å². The quantitative estimate of drug-likeness (QED) is 0.412. The third kappa shape index (κ3) is 4.55. The van der Waals surface area contributed by atoms with Gasteiger partial charge in [-0.05, 0) is 25.8 Å². The van der Waals surface area contributed by atoms with Crippen LogP contribution in [-0.4, -0.2) is 22.0 Å². The van der Waals surface area contributed by atoms with Gasteiger partial charge in [-0.1, -0.05) is 6.07 Å². The van der Waals surface area contributed by atoms with Gasteiger partial charge in [0.05, 0.1) is 4.92 Å². The molecule has 1 unspecified atom stereocenters. The normalized spacial score (nSPS) is 11.9. The number of nitro groups is 1. The number of nitrogens with two attached hydrogens (primary N) is 1. The molecule has 1 rings (SSSR count). The first-order chi connectivity index (χ1) is 8.91. The van der Waals surface area contributed by atoms with Gasteiger partial charge in [0.25, 0.3) is 5.69 Å². The summed E-state index contributed by atoms with van der Waals surface area (Å²) in [6.07, 6.45) is 1.48. The van der Waals surface area contributed by atoms with Gasteiger partial charge >= 0.3 is 0 Å². The Morgan fingerprint density at radius 2 is 2.26 bits per heavy atom. The van der Waals surface area contributed by atoms with Crippen molar-refractivity contribution in [2.75, 3.05) is 5.32 Å². The van der Waals surface area contributed by atoms with Gasteiger partial charge in [-0.2, -0.15) is 0 Å². The van der Waals surface area contributed by atoms with Crippen LogP contribution in [0.3, 0.4) is 0 Å². The van der Waals surface area contributed by atoms with Crippen molar-refractivity contribution in [3.63, 3.8) is 0 Å². The molecule has 0 aliphatic carbocycles. The standard InChI is InChI=1S/C12H17N3O4/c1-8(13)4-2-7-11(17)14-12-9(15(18)19)5-3-6-10(12)16/h3,5-6,8,16H,2,4,7,13H2,1H3,(H,14,17). The van der Waals surface area contributed by atoms with Crippen LogP contribution in [0.15, 0.2) is 18.2 Å². The summed E-state index contributed by atoms with van der Waals surface area (Å²) in [5, 5.41) is 22.7. The number of aromatic hydroxyl groups is 1. The smallest absolute Gasteiger partial charge is 0.296 e. The van der Waals surface area contributed by atoms with E-state index < -0.39 is 4.92 Å². The van der Waals surface area contributed by atoms with Gasteiger partial charge in [-0.25, -0.2) is 0 Å². The zero-order chi connectivity index (χ0) is 14.4. The van der Waals surface area contributed by atoms with E-state index in [1.165, 1.54) is 18.2 Å². The van der Waals surface area contributed by atoms with Crippen LogP contribution in [0.5, 0.6) is 5.75 Å². The highest BCUT2D eigenvalue weighted by molar-refractivity contribution is 5.94. The number of amides is 1. The van der Waals surface area contributed by atoms with Crippen molar-refractivity contribution >= 4 is 17.3 Å². The minimum absolute atomic E-state index is 0.00673. The van der Waals surface area contributed by atoms with Gasteiger partial charge < -0.3 is 16.2 Å². The fourth-order valence-electron chi connectivity index (χ4n) is 1.60. The first-order valence-electron chi connectivity index (χ1n) is 5.93. The zero-order valence-corrected chi connectivity index (χ0v) is 10.6. The number of phenols is 1. The molecule has 0 saturated heterocycles. The number of nitro benzene ring substituents is 1. The first kappa shape index (κ1) is 14.9. The summed E-state index contributed by atoms with van der Waals surface area (Å²) >= 11 is 0. The summed E-state index contributed by atoms with van der Waals surface area (Å²) in [5.74, 6) is -0.708. The van der Waals surface area contributed by atoms with E-state index >= 15 is 0 Å². The van der Waals surface area contributed by atoms with Crippen LogP contribution in [0.1, 0.15) is 26.2 Å². The average Bonchev–Trinajstić information content (AvgIpc) is 2.30. The lowest BCUT2D eigenvalue weighted by Gasteiger charge is -2.08. The van der Waals surface area contributed by atoms with Crippen LogP contribution in [0.25, 0.3) is 0 Å². The second-order valence-corrected chi connectivity index (χ2v) is 4.35. The summed E-state index contributed by atoms with van der Waals surface area (Å²) in [6.45, 7) is 1.84. The SMILES string of the molecule is CC(N)CCCC(=O)Nc1c(O)cccc1[N+](=O)[O-]. The van der Waals surface area contributed by atoms with E-state index in [4.69, 9.17) is 5.73 Å². The molecule has 19 heavy (non-hydrogen) atoms. The van der Waals surface area contributed by atoms with Crippen LogP contribution < -0.4 is 11.1 Å². The van der Waals surface area contributed by atoms with Crippen molar-refractivity contribution in [2.24, 2.45) is 5.73 Å². The molecule has 0 saturated carbocycles. The Labute approximate surface area is 110 Å². The molecule has 0 aliphatic rings. The Hall–Kier alpha value is -2.15. The number of anilines is 1. The van der Waals surface area contributed by atoms with Crippen LogP contribution in [0.4, 0.5) is 11.4 Å². The highest BCUT2D eigenvalue weighted by atomic mass is 16.6. The lowest BCUT2D eigenvalue weighted by atomic mass is 10.1. The molecule has 0 heterocycles. The van der Waals surface area contributed by atoms with E-state index in [0.29, 0.717) is 12.8 Å². The molecule has 1 amide bonds. The number of carbonyl (C=O) groups excluding carboxylic acids is 1. The van der Waals surface area contributed by atoms with Crippen LogP contribution >= 0.6 is 0 Å². The number of hydrogen-bond acceptors (Lipinski definition) is 5. The van der Waals surface area contributed by atoms with Crippen LogP contribution in [0.2, 0.25) is 0 Å². The number of nitrogens with one attached hydrogen (secondary N) is 1. The summed E-state index contributed by atoms with van der Waals surface area (Å²) in [6, 6.07) is 3.86. The topological polar surface area (TPSA) is 118 Å². The molecular weight excluding hydrogens is 250 g/mol. The van der Waals surface area contributed by atoms with Crippen molar-refractivity contribution in [1.29, 1.82) is 0 Å². The number of nitrogens with zero attached hydrogens (tertiary/aromatic N) is 1. The van der Waals surface area contributed by atoms with Crippen LogP contribution in [-0.2, 0) is 4.79 Å². The molecular formula is C12H17N3O4. The van der Waals surface area contributed by atoms with Gasteiger partial charge in [-0.15, -0.1) is 0 Å². The van der Waals surface area contributed by atoms with E-state index in [1.807, 2.05) is 6.92 Å². The summed E-state index contributed by atoms with van der Waals surface area (Å²) in [4.78, 5) is 21.8. The molecule has 0 spiro atoms. The summed E-state index contributed by atoms with van der Waals surface area (Å²) in [7, 11) is 0. The minimum Gasteiger partial charge on any atom is -0.505 e. The Bertz CT molecular complexity index is 474. The highest BCUT2D eigenvalue weighted by Crippen LogP contribution is 2.33. The molecule has 4 N–H and O–H groups in total. The Morgan fingerprint density at radius 3 is 2.84 bits per heavy atom. The second kappa shape index (κ2) is 6.69. The lowest BCUT2D eigenvalue weighted by molar-refractivity contribution is -0.384. The zero-order valence-electron chi connectivity index (χ0n) is 10.6. The Balaban J connectivity index is 2.71. The number of carbonyl (C=O) groups is 1. The molecule has 7 heteroatoms. The number of hydrogen-bond donors (Lipinski definition) is 3. The number of benzene rings is 1. The summed E-state index contributed by atoms with van der Waals surface area (Å²) in [5.41, 5.74) is 5.06. The second-order valence-electron chi connectivity index (χ2n) is 4.35. The van der Waals surface area contributed by atoms with E-state index in [2.05, 4.69) is 5.32 Å². The monoisotopic (exact) mass is 267 g/mol. The Kier molecular flexibility index (Phi) is 5.25. The molecule has 1 aromatic carbocycles. The van der Waals surface area contributed by atoms with Crippen molar-refractivity contribution in [2.45, 2.75) is 32.2 Å². The molecule has 7 nitrogen and oxygen atoms in total. The fraction of sp³-hybridized carbons (Fsp3) is 0.417. The van der Waals surface area contributed by atoms with Crippen molar-refractivity contribution in [3.05, 3.63) is 28.3 Å². The maximum atomic E-state index is 11.6.